The molecule has 0 radical (unpaired) electrons. The van der Waals surface area contributed by atoms with E-state index in [0.717, 1.165) is 5.82 Å². The maximum Gasteiger partial charge on any atom is 0.226 e. The van der Waals surface area contributed by atoms with Gasteiger partial charge in [0.1, 0.15) is 5.82 Å². The van der Waals surface area contributed by atoms with Crippen molar-refractivity contribution < 1.29 is 4.79 Å². The lowest BCUT2D eigenvalue weighted by molar-refractivity contribution is -0.116. The molecule has 19 heavy (non-hydrogen) atoms. The SMILES string of the molecule is Cc1nccn1CCC(=O)Nc1ccc(C#N)cc1. The molecular formula is C14H14N4O. The Morgan fingerprint density at radius 2 is 2.16 bits per heavy atom. The second-order valence-corrected chi connectivity index (χ2v) is 4.16. The zero-order valence-corrected chi connectivity index (χ0v) is 10.6. The fourth-order valence-corrected chi connectivity index (χ4v) is 1.71. The predicted octanol–water partition coefficient (Wildman–Crippen LogP) is 2.09. The van der Waals surface area contributed by atoms with Crippen LogP contribution in [0, 0.1) is 18.3 Å². The van der Waals surface area contributed by atoms with Gasteiger partial charge in [-0.15, -0.1) is 0 Å². The molecule has 0 spiro atoms. The van der Waals surface area contributed by atoms with Crippen LogP contribution in [0.2, 0.25) is 0 Å². The second-order valence-electron chi connectivity index (χ2n) is 4.16. The Balaban J connectivity index is 1.87. The molecule has 0 unspecified atom stereocenters. The average molecular weight is 254 g/mol. The van der Waals surface area contributed by atoms with E-state index >= 15 is 0 Å². The summed E-state index contributed by atoms with van der Waals surface area (Å²) >= 11 is 0. The number of anilines is 1. The topological polar surface area (TPSA) is 70.7 Å². The molecular weight excluding hydrogens is 240 g/mol. The summed E-state index contributed by atoms with van der Waals surface area (Å²) < 4.78 is 1.93. The Bertz CT molecular complexity index is 607. The van der Waals surface area contributed by atoms with Crippen molar-refractivity contribution in [2.75, 3.05) is 5.32 Å². The van der Waals surface area contributed by atoms with Crippen molar-refractivity contribution in [2.24, 2.45) is 0 Å². The quantitative estimate of drug-likeness (QED) is 0.908. The molecule has 0 aliphatic carbocycles. The molecule has 2 rings (SSSR count). The number of carbonyl (C=O) groups is 1. The minimum absolute atomic E-state index is 0.0576. The van der Waals surface area contributed by atoms with Crippen LogP contribution in [0.5, 0.6) is 0 Å². The van der Waals surface area contributed by atoms with Gasteiger partial charge in [-0.3, -0.25) is 4.79 Å². The molecule has 0 saturated heterocycles. The minimum atomic E-state index is -0.0576. The van der Waals surface area contributed by atoms with E-state index in [2.05, 4.69) is 10.3 Å². The average Bonchev–Trinajstić information content (AvgIpc) is 2.83. The first-order valence-corrected chi connectivity index (χ1v) is 5.97. The number of benzene rings is 1. The zero-order valence-electron chi connectivity index (χ0n) is 10.6. The van der Waals surface area contributed by atoms with Crippen LogP contribution in [0.15, 0.2) is 36.7 Å². The normalized spacial score (nSPS) is 9.89. The fourth-order valence-electron chi connectivity index (χ4n) is 1.71. The van der Waals surface area contributed by atoms with E-state index in [-0.39, 0.29) is 5.91 Å². The summed E-state index contributed by atoms with van der Waals surface area (Å²) in [7, 11) is 0. The third-order valence-electron chi connectivity index (χ3n) is 2.80. The fraction of sp³-hybridized carbons (Fsp3) is 0.214. The van der Waals surface area contributed by atoms with Crippen LogP contribution in [0.4, 0.5) is 5.69 Å². The van der Waals surface area contributed by atoms with Crippen LogP contribution >= 0.6 is 0 Å². The number of nitrogens with zero attached hydrogens (tertiary/aromatic N) is 3. The van der Waals surface area contributed by atoms with E-state index in [9.17, 15) is 4.79 Å². The van der Waals surface area contributed by atoms with Crippen molar-refractivity contribution in [3.8, 4) is 6.07 Å². The van der Waals surface area contributed by atoms with Crippen LogP contribution in [0.25, 0.3) is 0 Å². The third kappa shape index (κ3) is 3.42. The monoisotopic (exact) mass is 254 g/mol. The number of imidazole rings is 1. The second kappa shape index (κ2) is 5.83. The Morgan fingerprint density at radius 3 is 2.74 bits per heavy atom. The van der Waals surface area contributed by atoms with Gasteiger partial charge in [0.05, 0.1) is 11.6 Å². The predicted molar refractivity (Wildman–Crippen MR) is 71.4 cm³/mol. The smallest absolute Gasteiger partial charge is 0.226 e. The van der Waals surface area contributed by atoms with E-state index in [4.69, 9.17) is 5.26 Å². The molecule has 0 atom stereocenters. The van der Waals surface area contributed by atoms with Crippen molar-refractivity contribution >= 4 is 11.6 Å². The van der Waals surface area contributed by atoms with E-state index in [1.54, 1.807) is 30.5 Å². The number of nitriles is 1. The first kappa shape index (κ1) is 12.8. The van der Waals surface area contributed by atoms with Gasteiger partial charge in [-0.05, 0) is 31.2 Å². The molecule has 0 fully saturated rings. The van der Waals surface area contributed by atoms with Gasteiger partial charge < -0.3 is 9.88 Å². The van der Waals surface area contributed by atoms with E-state index in [1.165, 1.54) is 0 Å². The number of hydrogen-bond donors (Lipinski definition) is 1. The molecule has 1 N–H and O–H groups in total. The zero-order chi connectivity index (χ0) is 13.7. The highest BCUT2D eigenvalue weighted by Crippen LogP contribution is 2.09. The van der Waals surface area contributed by atoms with Gasteiger partial charge in [0.25, 0.3) is 0 Å². The Morgan fingerprint density at radius 1 is 1.42 bits per heavy atom. The van der Waals surface area contributed by atoms with E-state index in [0.29, 0.717) is 24.2 Å². The van der Waals surface area contributed by atoms with Gasteiger partial charge in [0.15, 0.2) is 0 Å². The summed E-state index contributed by atoms with van der Waals surface area (Å²) in [6.45, 7) is 2.51. The number of aryl methyl sites for hydroxylation is 2. The Hall–Kier alpha value is -2.61. The first-order chi connectivity index (χ1) is 9.19. The third-order valence-corrected chi connectivity index (χ3v) is 2.80. The molecule has 1 aromatic heterocycles. The highest BCUT2D eigenvalue weighted by Gasteiger charge is 2.04. The number of rotatable bonds is 4. The highest BCUT2D eigenvalue weighted by atomic mass is 16.1. The molecule has 0 bridgehead atoms. The van der Waals surface area contributed by atoms with Crippen LogP contribution in [0.3, 0.4) is 0 Å². The molecule has 96 valence electrons. The lowest BCUT2D eigenvalue weighted by Gasteiger charge is -2.06. The van der Waals surface area contributed by atoms with Crippen LogP contribution in [-0.4, -0.2) is 15.5 Å². The number of nitrogens with one attached hydrogen (secondary N) is 1. The lowest BCUT2D eigenvalue weighted by atomic mass is 10.2. The van der Waals surface area contributed by atoms with Gasteiger partial charge in [-0.1, -0.05) is 0 Å². The molecule has 1 aromatic carbocycles. The van der Waals surface area contributed by atoms with Gasteiger partial charge in [-0.25, -0.2) is 4.98 Å². The Labute approximate surface area is 111 Å². The van der Waals surface area contributed by atoms with Gasteiger partial charge in [0, 0.05) is 31.0 Å². The summed E-state index contributed by atoms with van der Waals surface area (Å²) in [6.07, 6.45) is 3.95. The number of hydrogen-bond acceptors (Lipinski definition) is 3. The summed E-state index contributed by atoms with van der Waals surface area (Å²) in [5.41, 5.74) is 1.28. The maximum absolute atomic E-state index is 11.8. The summed E-state index contributed by atoms with van der Waals surface area (Å²) in [6, 6.07) is 8.83. The van der Waals surface area contributed by atoms with Gasteiger partial charge in [-0.2, -0.15) is 5.26 Å². The van der Waals surface area contributed by atoms with E-state index in [1.807, 2.05) is 23.8 Å². The first-order valence-electron chi connectivity index (χ1n) is 5.97. The largest absolute Gasteiger partial charge is 0.335 e. The number of carbonyl (C=O) groups excluding carboxylic acids is 1. The molecule has 5 heteroatoms. The van der Waals surface area contributed by atoms with Crippen LogP contribution in [0.1, 0.15) is 17.8 Å². The van der Waals surface area contributed by atoms with E-state index < -0.39 is 0 Å². The molecule has 0 aliphatic heterocycles. The molecule has 2 aromatic rings. The molecule has 5 nitrogen and oxygen atoms in total. The maximum atomic E-state index is 11.8. The minimum Gasteiger partial charge on any atom is -0.335 e. The summed E-state index contributed by atoms with van der Waals surface area (Å²) in [5.74, 6) is 0.837. The van der Waals surface area contributed by atoms with Crippen molar-refractivity contribution in [3.63, 3.8) is 0 Å². The molecule has 1 heterocycles. The molecule has 1 amide bonds. The van der Waals surface area contributed by atoms with Crippen LogP contribution in [-0.2, 0) is 11.3 Å². The highest BCUT2D eigenvalue weighted by molar-refractivity contribution is 5.90. The summed E-state index contributed by atoms with van der Waals surface area (Å²) in [4.78, 5) is 15.9. The summed E-state index contributed by atoms with van der Waals surface area (Å²) in [5, 5.41) is 11.5. The van der Waals surface area contributed by atoms with Crippen molar-refractivity contribution in [3.05, 3.63) is 48.0 Å². The Kier molecular flexibility index (Phi) is 3.94. The van der Waals surface area contributed by atoms with Crippen molar-refractivity contribution in [1.82, 2.24) is 9.55 Å². The standard InChI is InChI=1S/C14H14N4O/c1-11-16-7-9-18(11)8-6-14(19)17-13-4-2-12(10-15)3-5-13/h2-5,7,9H,6,8H2,1H3,(H,17,19). The number of aromatic nitrogens is 2. The van der Waals surface area contributed by atoms with Gasteiger partial charge in [0.2, 0.25) is 5.91 Å². The number of amides is 1. The molecule has 0 saturated carbocycles. The van der Waals surface area contributed by atoms with Crippen molar-refractivity contribution in [1.29, 1.82) is 5.26 Å². The lowest BCUT2D eigenvalue weighted by Crippen LogP contribution is -2.14. The van der Waals surface area contributed by atoms with Gasteiger partial charge >= 0.3 is 0 Å². The van der Waals surface area contributed by atoms with Crippen molar-refractivity contribution in [2.45, 2.75) is 19.9 Å². The molecule has 0 aliphatic rings. The van der Waals surface area contributed by atoms with Crippen LogP contribution < -0.4 is 5.32 Å².